The van der Waals surface area contributed by atoms with Crippen molar-refractivity contribution in [2.45, 2.75) is 13.0 Å². The van der Waals surface area contributed by atoms with E-state index in [0.29, 0.717) is 11.3 Å². The van der Waals surface area contributed by atoms with E-state index in [4.69, 9.17) is 5.11 Å². The Hall–Kier alpha value is -1.76. The number of rotatable bonds is 2. The molecule has 0 unspecified atom stereocenters. The van der Waals surface area contributed by atoms with Crippen molar-refractivity contribution in [3.63, 3.8) is 0 Å². The Morgan fingerprint density at radius 2 is 2.26 bits per heavy atom. The number of hydrogen-bond acceptors (Lipinski definition) is 3. The summed E-state index contributed by atoms with van der Waals surface area (Å²) in [5.74, 6) is -0.951. The Balaban J connectivity index is 2.15. The molecule has 7 heteroatoms. The number of urea groups is 1. The molecule has 2 amide bonds. The molecule has 0 saturated carbocycles. The summed E-state index contributed by atoms with van der Waals surface area (Å²) in [5, 5.41) is 11.4. The summed E-state index contributed by atoms with van der Waals surface area (Å²) in [4.78, 5) is 24.2. The molecular weight excluding hydrogens is 271 g/mol. The van der Waals surface area contributed by atoms with E-state index in [1.165, 1.54) is 22.7 Å². The fourth-order valence-corrected chi connectivity index (χ4v) is 2.96. The van der Waals surface area contributed by atoms with E-state index in [-0.39, 0.29) is 11.6 Å². The van der Waals surface area contributed by atoms with Crippen molar-refractivity contribution in [3.8, 4) is 0 Å². The first-order chi connectivity index (χ1) is 9.00. The van der Waals surface area contributed by atoms with Gasteiger partial charge in [0.05, 0.1) is 11.6 Å². The van der Waals surface area contributed by atoms with Gasteiger partial charge in [0.25, 0.3) is 0 Å². The molecule has 19 heavy (non-hydrogen) atoms. The first-order valence-corrected chi connectivity index (χ1v) is 6.79. The van der Waals surface area contributed by atoms with Crippen molar-refractivity contribution in [1.82, 2.24) is 4.90 Å². The molecule has 1 fully saturated rings. The average molecular weight is 284 g/mol. The highest BCUT2D eigenvalue weighted by Crippen LogP contribution is 2.24. The molecule has 0 aliphatic carbocycles. The Morgan fingerprint density at radius 1 is 1.53 bits per heavy atom. The molecule has 1 heterocycles. The largest absolute Gasteiger partial charge is 0.480 e. The van der Waals surface area contributed by atoms with Crippen LogP contribution in [0.1, 0.15) is 5.56 Å². The fraction of sp³-hybridized carbons (Fsp3) is 0.333. The number of benzene rings is 1. The van der Waals surface area contributed by atoms with Gasteiger partial charge in [0.15, 0.2) is 0 Å². The van der Waals surface area contributed by atoms with Crippen LogP contribution in [0.2, 0.25) is 0 Å². The molecule has 1 aromatic carbocycles. The highest BCUT2D eigenvalue weighted by atomic mass is 32.2. The average Bonchev–Trinajstić information content (AvgIpc) is 2.83. The first-order valence-electron chi connectivity index (χ1n) is 5.64. The number of anilines is 1. The molecule has 5 nitrogen and oxygen atoms in total. The van der Waals surface area contributed by atoms with Crippen molar-refractivity contribution in [1.29, 1.82) is 0 Å². The summed E-state index contributed by atoms with van der Waals surface area (Å²) in [6, 6.07) is 3.01. The number of para-hydroxylation sites is 1. The van der Waals surface area contributed by atoms with Crippen molar-refractivity contribution < 1.29 is 19.1 Å². The van der Waals surface area contributed by atoms with Gasteiger partial charge < -0.3 is 15.3 Å². The first kappa shape index (κ1) is 13.7. The van der Waals surface area contributed by atoms with Crippen LogP contribution in [0.25, 0.3) is 0 Å². The predicted octanol–water partition coefficient (Wildman–Crippen LogP) is 2.13. The lowest BCUT2D eigenvalue weighted by Gasteiger charge is -2.21. The number of carbonyl (C=O) groups is 2. The topological polar surface area (TPSA) is 69.6 Å². The zero-order chi connectivity index (χ0) is 14.0. The molecule has 0 spiro atoms. The Morgan fingerprint density at radius 3 is 2.89 bits per heavy atom. The van der Waals surface area contributed by atoms with Gasteiger partial charge in [0.2, 0.25) is 0 Å². The second-order valence-electron chi connectivity index (χ2n) is 4.19. The Bertz CT molecular complexity index is 503. The Kier molecular flexibility index (Phi) is 3.94. The maximum atomic E-state index is 13.6. The minimum Gasteiger partial charge on any atom is -0.480 e. The van der Waals surface area contributed by atoms with Gasteiger partial charge in [0, 0.05) is 5.75 Å². The van der Waals surface area contributed by atoms with E-state index in [2.05, 4.69) is 5.32 Å². The third-order valence-electron chi connectivity index (χ3n) is 2.88. The van der Waals surface area contributed by atoms with Crippen molar-refractivity contribution >= 4 is 29.4 Å². The molecule has 1 aliphatic heterocycles. The van der Waals surface area contributed by atoms with E-state index in [1.54, 1.807) is 19.1 Å². The number of nitrogens with one attached hydrogen (secondary N) is 1. The number of carbonyl (C=O) groups excluding carboxylic acids is 1. The molecule has 1 atom stereocenters. The Labute approximate surface area is 113 Å². The lowest BCUT2D eigenvalue weighted by atomic mass is 10.2. The number of nitrogens with zero attached hydrogens (tertiary/aromatic N) is 1. The standard InChI is InChI=1S/C12H13FN2O3S/c1-7-3-2-4-8(13)10(7)14-12(18)15-6-19-5-9(15)11(16)17/h2-4,9H,5-6H2,1H3,(H,14,18)(H,16,17)/t9-/m0/s1. The number of carboxylic acids is 1. The van der Waals surface area contributed by atoms with Crippen LogP contribution in [-0.4, -0.2) is 39.7 Å². The smallest absolute Gasteiger partial charge is 0.327 e. The van der Waals surface area contributed by atoms with Crippen LogP contribution in [0.3, 0.4) is 0 Å². The van der Waals surface area contributed by atoms with E-state index in [1.807, 2.05) is 0 Å². The lowest BCUT2D eigenvalue weighted by molar-refractivity contribution is -0.140. The lowest BCUT2D eigenvalue weighted by Crippen LogP contribution is -2.44. The van der Waals surface area contributed by atoms with Crippen molar-refractivity contribution in [2.24, 2.45) is 0 Å². The number of aliphatic carboxylic acids is 1. The summed E-state index contributed by atoms with van der Waals surface area (Å²) in [5.41, 5.74) is 0.681. The van der Waals surface area contributed by atoms with Gasteiger partial charge in [-0.1, -0.05) is 12.1 Å². The SMILES string of the molecule is Cc1cccc(F)c1NC(=O)N1CSC[C@H]1C(=O)O. The van der Waals surface area contributed by atoms with Crippen molar-refractivity contribution in [2.75, 3.05) is 16.9 Å². The molecule has 2 rings (SSSR count). The van der Waals surface area contributed by atoms with Gasteiger partial charge in [-0.05, 0) is 18.6 Å². The monoisotopic (exact) mass is 284 g/mol. The summed E-state index contributed by atoms with van der Waals surface area (Å²) in [6.45, 7) is 1.67. The molecular formula is C12H13FN2O3S. The molecule has 0 radical (unpaired) electrons. The summed E-state index contributed by atoms with van der Waals surface area (Å²) < 4.78 is 13.6. The summed E-state index contributed by atoms with van der Waals surface area (Å²) in [6.07, 6.45) is 0. The van der Waals surface area contributed by atoms with Crippen LogP contribution in [0, 0.1) is 12.7 Å². The van der Waals surface area contributed by atoms with Crippen LogP contribution in [0.15, 0.2) is 18.2 Å². The number of aryl methyl sites for hydroxylation is 1. The summed E-state index contributed by atoms with van der Waals surface area (Å²) >= 11 is 1.36. The third-order valence-corrected chi connectivity index (χ3v) is 3.89. The third kappa shape index (κ3) is 2.81. The predicted molar refractivity (Wildman–Crippen MR) is 70.7 cm³/mol. The van der Waals surface area contributed by atoms with Gasteiger partial charge >= 0.3 is 12.0 Å². The molecule has 102 valence electrons. The van der Waals surface area contributed by atoms with E-state index >= 15 is 0 Å². The zero-order valence-corrected chi connectivity index (χ0v) is 11.0. The van der Waals surface area contributed by atoms with E-state index in [9.17, 15) is 14.0 Å². The number of hydrogen-bond donors (Lipinski definition) is 2. The van der Waals surface area contributed by atoms with Crippen molar-refractivity contribution in [3.05, 3.63) is 29.6 Å². The minimum atomic E-state index is -1.05. The fourth-order valence-electron chi connectivity index (χ4n) is 1.82. The number of amides is 2. The molecule has 2 N–H and O–H groups in total. The number of halogens is 1. The van der Waals surface area contributed by atoms with Crippen LogP contribution in [0.5, 0.6) is 0 Å². The van der Waals surface area contributed by atoms with E-state index < -0.39 is 23.9 Å². The van der Waals surface area contributed by atoms with Gasteiger partial charge in [-0.25, -0.2) is 14.0 Å². The molecule has 1 aromatic rings. The number of carboxylic acid groups (broad SMARTS) is 1. The minimum absolute atomic E-state index is 0.0912. The van der Waals surface area contributed by atoms with Crippen LogP contribution < -0.4 is 5.32 Å². The second-order valence-corrected chi connectivity index (χ2v) is 5.19. The molecule has 1 saturated heterocycles. The summed E-state index contributed by atoms with van der Waals surface area (Å²) in [7, 11) is 0. The highest BCUT2D eigenvalue weighted by molar-refractivity contribution is 7.99. The normalized spacial score (nSPS) is 18.4. The highest BCUT2D eigenvalue weighted by Gasteiger charge is 2.34. The number of thioether (sulfide) groups is 1. The maximum Gasteiger partial charge on any atom is 0.327 e. The van der Waals surface area contributed by atoms with Gasteiger partial charge in [-0.2, -0.15) is 0 Å². The van der Waals surface area contributed by atoms with Gasteiger partial charge in [0.1, 0.15) is 11.9 Å². The zero-order valence-electron chi connectivity index (χ0n) is 10.2. The molecule has 0 aromatic heterocycles. The van der Waals surface area contributed by atoms with Crippen LogP contribution in [0.4, 0.5) is 14.9 Å². The molecule has 0 bridgehead atoms. The van der Waals surface area contributed by atoms with Crippen LogP contribution in [-0.2, 0) is 4.79 Å². The quantitative estimate of drug-likeness (QED) is 0.873. The maximum absolute atomic E-state index is 13.6. The van der Waals surface area contributed by atoms with Gasteiger partial charge in [-0.3, -0.25) is 0 Å². The van der Waals surface area contributed by atoms with Gasteiger partial charge in [-0.15, -0.1) is 11.8 Å². The molecule has 1 aliphatic rings. The van der Waals surface area contributed by atoms with E-state index in [0.717, 1.165) is 0 Å². The second kappa shape index (κ2) is 5.48. The van der Waals surface area contributed by atoms with Crippen LogP contribution >= 0.6 is 11.8 Å².